The number of fused-ring (bicyclic) bond motifs is 1. The van der Waals surface area contributed by atoms with Crippen molar-refractivity contribution in [3.63, 3.8) is 0 Å². The molecule has 0 fully saturated rings. The summed E-state index contributed by atoms with van der Waals surface area (Å²) < 4.78 is 1.48. The second-order valence-electron chi connectivity index (χ2n) is 4.04. The van der Waals surface area contributed by atoms with Crippen LogP contribution >= 0.6 is 23.2 Å². The molecule has 19 heavy (non-hydrogen) atoms. The quantitative estimate of drug-likeness (QED) is 0.790. The largest absolute Gasteiger partial charge is 0.294 e. The zero-order valence-electron chi connectivity index (χ0n) is 9.60. The summed E-state index contributed by atoms with van der Waals surface area (Å²) in [5, 5.41) is 8.01. The topological polar surface area (TPSA) is 63.6 Å². The fraction of sp³-hybridized carbons (Fsp3) is 0.0833. The Kier molecular flexibility index (Phi) is 3.00. The molecule has 0 radical (unpaired) electrons. The zero-order chi connectivity index (χ0) is 13.4. The predicted molar refractivity (Wildman–Crippen MR) is 73.7 cm³/mol. The highest BCUT2D eigenvalue weighted by Crippen LogP contribution is 2.21. The fourth-order valence-electron chi connectivity index (χ4n) is 1.82. The van der Waals surface area contributed by atoms with Crippen molar-refractivity contribution < 1.29 is 0 Å². The first-order valence-electron chi connectivity index (χ1n) is 5.48. The average Bonchev–Trinajstić information content (AvgIpc) is 2.85. The molecule has 0 aliphatic carbocycles. The summed E-state index contributed by atoms with van der Waals surface area (Å²) in [6.07, 6.45) is 2.99. The third kappa shape index (κ3) is 2.22. The Morgan fingerprint density at radius 3 is 2.95 bits per heavy atom. The van der Waals surface area contributed by atoms with Crippen LogP contribution in [0.5, 0.6) is 0 Å². The molecule has 0 unspecified atom stereocenters. The molecule has 0 spiro atoms. The van der Waals surface area contributed by atoms with Crippen LogP contribution in [0.4, 0.5) is 0 Å². The number of H-pyrrole nitrogens is 1. The van der Waals surface area contributed by atoms with Crippen molar-refractivity contribution in [3.05, 3.63) is 56.7 Å². The summed E-state index contributed by atoms with van der Waals surface area (Å²) in [4.78, 5) is 16.3. The van der Waals surface area contributed by atoms with Gasteiger partial charge in [0.2, 0.25) is 0 Å². The van der Waals surface area contributed by atoms with Gasteiger partial charge in [-0.25, -0.2) is 4.98 Å². The van der Waals surface area contributed by atoms with Gasteiger partial charge < -0.3 is 0 Å². The van der Waals surface area contributed by atoms with Gasteiger partial charge in [-0.15, -0.1) is 0 Å². The Bertz CT molecular complexity index is 809. The number of hydrogen-bond donors (Lipinski definition) is 1. The summed E-state index contributed by atoms with van der Waals surface area (Å²) in [7, 11) is 0. The van der Waals surface area contributed by atoms with Gasteiger partial charge in [0.15, 0.2) is 5.65 Å². The highest BCUT2D eigenvalue weighted by molar-refractivity contribution is 6.35. The molecule has 3 aromatic rings. The molecule has 3 rings (SSSR count). The van der Waals surface area contributed by atoms with E-state index in [0.29, 0.717) is 27.6 Å². The Balaban J connectivity index is 2.05. The molecule has 0 amide bonds. The van der Waals surface area contributed by atoms with Crippen LogP contribution in [0, 0.1) is 0 Å². The zero-order valence-corrected chi connectivity index (χ0v) is 11.1. The predicted octanol–water partition coefficient (Wildman–Crippen LogP) is 2.47. The summed E-state index contributed by atoms with van der Waals surface area (Å²) >= 11 is 11.9. The lowest BCUT2D eigenvalue weighted by molar-refractivity contribution is 0.748. The van der Waals surface area contributed by atoms with Crippen LogP contribution in [0.3, 0.4) is 0 Å². The molecule has 1 N–H and O–H groups in total. The number of benzene rings is 1. The molecule has 0 aliphatic rings. The van der Waals surface area contributed by atoms with Gasteiger partial charge in [0.05, 0.1) is 6.54 Å². The van der Waals surface area contributed by atoms with Crippen molar-refractivity contribution in [1.29, 1.82) is 0 Å². The number of nitrogens with zero attached hydrogens (tertiary/aromatic N) is 3. The molecular weight excluding hydrogens is 287 g/mol. The molecular formula is C12H8Cl2N4O. The van der Waals surface area contributed by atoms with Crippen LogP contribution in [-0.2, 0) is 6.54 Å². The number of halogens is 2. The van der Waals surface area contributed by atoms with Gasteiger partial charge in [0, 0.05) is 16.2 Å². The van der Waals surface area contributed by atoms with Gasteiger partial charge in [0.1, 0.15) is 11.7 Å². The van der Waals surface area contributed by atoms with E-state index in [2.05, 4.69) is 15.2 Å². The minimum Gasteiger partial charge on any atom is -0.294 e. The number of aromatic amines is 1. The molecule has 1 aromatic carbocycles. The smallest absolute Gasteiger partial charge is 0.264 e. The second kappa shape index (κ2) is 4.68. The highest BCUT2D eigenvalue weighted by atomic mass is 35.5. The van der Waals surface area contributed by atoms with E-state index in [4.69, 9.17) is 23.2 Å². The van der Waals surface area contributed by atoms with Crippen molar-refractivity contribution in [1.82, 2.24) is 19.7 Å². The van der Waals surface area contributed by atoms with Gasteiger partial charge in [-0.1, -0.05) is 29.3 Å². The molecule has 0 bridgehead atoms. The molecule has 96 valence electrons. The lowest BCUT2D eigenvalue weighted by Gasteiger charge is -2.07. The Labute approximate surface area is 117 Å². The second-order valence-corrected chi connectivity index (χ2v) is 4.88. The van der Waals surface area contributed by atoms with Crippen LogP contribution in [-0.4, -0.2) is 19.7 Å². The minimum atomic E-state index is -0.162. The lowest BCUT2D eigenvalue weighted by atomic mass is 10.2. The third-order valence-corrected chi connectivity index (χ3v) is 3.37. The molecule has 7 heteroatoms. The summed E-state index contributed by atoms with van der Waals surface area (Å²) in [6, 6.07) is 5.17. The Hall–Kier alpha value is -1.85. The van der Waals surface area contributed by atoms with E-state index >= 15 is 0 Å². The highest BCUT2D eigenvalue weighted by Gasteiger charge is 2.08. The van der Waals surface area contributed by atoms with Crippen molar-refractivity contribution in [2.75, 3.05) is 0 Å². The maximum Gasteiger partial charge on any atom is 0.264 e. The number of nitrogens with one attached hydrogen (secondary N) is 1. The molecule has 0 aliphatic heterocycles. The first kappa shape index (κ1) is 12.2. The maximum atomic E-state index is 12.2. The standard InChI is InChI=1S/C12H8Cl2N4O/c13-8-2-1-7(10(14)3-8)5-18-6-15-11-9(12(18)19)4-16-17-11/h1-4,6H,5H2,(H,16,17). The van der Waals surface area contributed by atoms with Crippen LogP contribution in [0.15, 0.2) is 35.5 Å². The lowest BCUT2D eigenvalue weighted by Crippen LogP contribution is -2.20. The Morgan fingerprint density at radius 2 is 2.16 bits per heavy atom. The first-order chi connectivity index (χ1) is 9.15. The van der Waals surface area contributed by atoms with Gasteiger partial charge in [-0.3, -0.25) is 14.5 Å². The third-order valence-electron chi connectivity index (χ3n) is 2.79. The van der Waals surface area contributed by atoms with Gasteiger partial charge in [-0.05, 0) is 17.7 Å². The summed E-state index contributed by atoms with van der Waals surface area (Å²) in [6.45, 7) is 0.336. The molecule has 0 saturated carbocycles. The normalized spacial score (nSPS) is 11.1. The average molecular weight is 295 g/mol. The van der Waals surface area contributed by atoms with Crippen LogP contribution < -0.4 is 5.56 Å². The van der Waals surface area contributed by atoms with Crippen LogP contribution in [0.2, 0.25) is 10.0 Å². The van der Waals surface area contributed by atoms with Crippen molar-refractivity contribution in [2.45, 2.75) is 6.54 Å². The van der Waals surface area contributed by atoms with Crippen molar-refractivity contribution in [2.24, 2.45) is 0 Å². The van der Waals surface area contributed by atoms with Crippen LogP contribution in [0.25, 0.3) is 11.0 Å². The minimum absolute atomic E-state index is 0.162. The number of rotatable bonds is 2. The van der Waals surface area contributed by atoms with E-state index in [1.165, 1.54) is 17.1 Å². The van der Waals surface area contributed by atoms with E-state index in [9.17, 15) is 4.79 Å². The fourth-order valence-corrected chi connectivity index (χ4v) is 2.28. The van der Waals surface area contributed by atoms with E-state index in [-0.39, 0.29) is 5.56 Å². The van der Waals surface area contributed by atoms with Gasteiger partial charge in [-0.2, -0.15) is 5.10 Å². The monoisotopic (exact) mass is 294 g/mol. The molecule has 2 heterocycles. The summed E-state index contributed by atoms with van der Waals surface area (Å²) in [5.74, 6) is 0. The SMILES string of the molecule is O=c1c2c[nH]nc2ncn1Cc1ccc(Cl)cc1Cl. The van der Waals surface area contributed by atoms with E-state index < -0.39 is 0 Å². The van der Waals surface area contributed by atoms with Gasteiger partial charge >= 0.3 is 0 Å². The van der Waals surface area contributed by atoms with Crippen LogP contribution in [0.1, 0.15) is 5.56 Å². The van der Waals surface area contributed by atoms with Crippen molar-refractivity contribution >= 4 is 34.2 Å². The van der Waals surface area contributed by atoms with E-state index in [1.807, 2.05) is 0 Å². The van der Waals surface area contributed by atoms with E-state index in [1.54, 1.807) is 18.2 Å². The van der Waals surface area contributed by atoms with E-state index in [0.717, 1.165) is 5.56 Å². The molecule has 0 saturated heterocycles. The first-order valence-corrected chi connectivity index (χ1v) is 6.23. The van der Waals surface area contributed by atoms with Gasteiger partial charge in [0.25, 0.3) is 5.56 Å². The number of hydrogen-bond acceptors (Lipinski definition) is 3. The van der Waals surface area contributed by atoms with Crippen molar-refractivity contribution in [3.8, 4) is 0 Å². The summed E-state index contributed by atoms with van der Waals surface area (Å²) in [5.41, 5.74) is 1.05. The molecule has 0 atom stereocenters. The molecule has 5 nitrogen and oxygen atoms in total. The number of aromatic nitrogens is 4. The molecule has 2 aromatic heterocycles. The maximum absolute atomic E-state index is 12.2. The Morgan fingerprint density at radius 1 is 1.32 bits per heavy atom.